The van der Waals surface area contributed by atoms with Gasteiger partial charge in [-0.2, -0.15) is 5.10 Å². The highest BCUT2D eigenvalue weighted by Gasteiger charge is 2.24. The van der Waals surface area contributed by atoms with E-state index in [0.29, 0.717) is 6.04 Å². The molecular weight excluding hydrogens is 408 g/mol. The van der Waals surface area contributed by atoms with Gasteiger partial charge >= 0.3 is 0 Å². The summed E-state index contributed by atoms with van der Waals surface area (Å²) in [6.45, 7) is 0.719. The van der Waals surface area contributed by atoms with E-state index in [9.17, 15) is 4.79 Å². The van der Waals surface area contributed by atoms with Crippen molar-refractivity contribution in [3.63, 3.8) is 0 Å². The van der Waals surface area contributed by atoms with Gasteiger partial charge in [-0.05, 0) is 71.9 Å². The summed E-state index contributed by atoms with van der Waals surface area (Å²) in [5.74, 6) is 0.923. The molecule has 0 aliphatic heterocycles. The highest BCUT2D eigenvalue weighted by atomic mass is 79.9. The molecule has 1 saturated carbocycles. The molecule has 7 heteroatoms. The topological polar surface area (TPSA) is 73.0 Å². The van der Waals surface area contributed by atoms with E-state index in [-0.39, 0.29) is 11.6 Å². The summed E-state index contributed by atoms with van der Waals surface area (Å²) in [6, 6.07) is 11.7. The lowest BCUT2D eigenvalue weighted by molar-refractivity contribution is 0.265. The zero-order valence-electron chi connectivity index (χ0n) is 14.8. The van der Waals surface area contributed by atoms with Crippen LogP contribution in [0.5, 0.6) is 0 Å². The first kappa shape index (κ1) is 18.1. The van der Waals surface area contributed by atoms with Gasteiger partial charge in [0.15, 0.2) is 4.67 Å². The van der Waals surface area contributed by atoms with Crippen LogP contribution in [0.25, 0.3) is 11.3 Å². The maximum atomic E-state index is 12.4. The second-order valence-corrected chi connectivity index (χ2v) is 7.61. The minimum atomic E-state index is -0.0374. The van der Waals surface area contributed by atoms with Gasteiger partial charge in [0.1, 0.15) is 5.76 Å². The Bertz CT molecular complexity index is 946. The van der Waals surface area contributed by atoms with Gasteiger partial charge in [-0.1, -0.05) is 0 Å². The van der Waals surface area contributed by atoms with Crippen molar-refractivity contribution in [2.45, 2.75) is 44.3 Å². The summed E-state index contributed by atoms with van der Waals surface area (Å²) in [4.78, 5) is 16.4. The molecule has 0 unspecified atom stereocenters. The van der Waals surface area contributed by atoms with E-state index >= 15 is 0 Å². The van der Waals surface area contributed by atoms with Crippen LogP contribution in [0.1, 0.15) is 37.5 Å². The van der Waals surface area contributed by atoms with Crippen molar-refractivity contribution in [3.05, 3.63) is 69.6 Å². The fourth-order valence-corrected chi connectivity index (χ4v) is 3.92. The average molecular weight is 429 g/mol. The lowest BCUT2D eigenvalue weighted by atomic mass is 9.91. The van der Waals surface area contributed by atoms with Gasteiger partial charge in [-0.15, -0.1) is 0 Å². The largest absolute Gasteiger partial charge is 0.453 e. The lowest BCUT2D eigenvalue weighted by Gasteiger charge is -2.29. The van der Waals surface area contributed by atoms with E-state index in [2.05, 4.69) is 31.3 Å². The number of aromatic nitrogens is 3. The van der Waals surface area contributed by atoms with Gasteiger partial charge in [0.05, 0.1) is 18.3 Å². The molecule has 0 bridgehead atoms. The first-order chi connectivity index (χ1) is 13.2. The van der Waals surface area contributed by atoms with Crippen LogP contribution in [0, 0.1) is 0 Å². The van der Waals surface area contributed by atoms with Crippen molar-refractivity contribution < 1.29 is 4.42 Å². The number of furan rings is 1. The predicted octanol–water partition coefficient (Wildman–Crippen LogP) is 3.93. The molecule has 140 valence electrons. The number of hydrogen-bond acceptors (Lipinski definition) is 5. The number of hydrogen-bond donors (Lipinski definition) is 1. The van der Waals surface area contributed by atoms with Gasteiger partial charge in [0, 0.05) is 30.1 Å². The smallest absolute Gasteiger partial charge is 0.267 e. The molecule has 0 spiro atoms. The Morgan fingerprint density at radius 3 is 2.56 bits per heavy atom. The zero-order chi connectivity index (χ0) is 18.6. The zero-order valence-corrected chi connectivity index (χ0v) is 16.4. The molecule has 1 aliphatic carbocycles. The van der Waals surface area contributed by atoms with Crippen LogP contribution in [0.15, 0.2) is 62.7 Å². The quantitative estimate of drug-likeness (QED) is 0.666. The maximum Gasteiger partial charge on any atom is 0.267 e. The number of rotatable bonds is 5. The molecule has 0 aromatic carbocycles. The Morgan fingerprint density at radius 2 is 1.85 bits per heavy atom. The van der Waals surface area contributed by atoms with Gasteiger partial charge in [0.25, 0.3) is 5.56 Å². The molecule has 6 nitrogen and oxygen atoms in total. The summed E-state index contributed by atoms with van der Waals surface area (Å²) < 4.78 is 7.94. The Balaban J connectivity index is 1.40. The Labute approximate surface area is 165 Å². The summed E-state index contributed by atoms with van der Waals surface area (Å²) in [5, 5.41) is 8.17. The summed E-state index contributed by atoms with van der Waals surface area (Å²) >= 11 is 3.32. The van der Waals surface area contributed by atoms with Gasteiger partial charge in [0.2, 0.25) is 0 Å². The summed E-state index contributed by atoms with van der Waals surface area (Å²) in [6.07, 6.45) is 7.38. The van der Waals surface area contributed by atoms with Crippen LogP contribution in [0.3, 0.4) is 0 Å². The molecule has 0 amide bonds. The Kier molecular flexibility index (Phi) is 5.50. The third-order valence-electron chi connectivity index (χ3n) is 5.04. The van der Waals surface area contributed by atoms with Crippen LogP contribution < -0.4 is 10.9 Å². The van der Waals surface area contributed by atoms with Gasteiger partial charge in [-0.25, -0.2) is 4.68 Å². The average Bonchev–Trinajstić information content (AvgIpc) is 3.13. The van der Waals surface area contributed by atoms with Crippen molar-refractivity contribution >= 4 is 15.9 Å². The normalized spacial score (nSPS) is 19.9. The molecular formula is C20H21BrN4O2. The number of nitrogens with one attached hydrogen (secondary N) is 1. The minimum absolute atomic E-state index is 0.0374. The second kappa shape index (κ2) is 8.19. The third kappa shape index (κ3) is 4.36. The molecule has 27 heavy (non-hydrogen) atoms. The Hall–Kier alpha value is -2.25. The van der Waals surface area contributed by atoms with Crippen LogP contribution in [-0.4, -0.2) is 20.8 Å². The number of pyridine rings is 1. The molecule has 0 radical (unpaired) electrons. The molecule has 0 atom stereocenters. The van der Waals surface area contributed by atoms with Gasteiger partial charge in [-0.3, -0.25) is 9.78 Å². The molecule has 4 rings (SSSR count). The van der Waals surface area contributed by atoms with Crippen molar-refractivity contribution in [1.82, 2.24) is 20.1 Å². The number of halogens is 1. The molecule has 3 heterocycles. The van der Waals surface area contributed by atoms with Crippen LogP contribution in [0.4, 0.5) is 0 Å². The van der Waals surface area contributed by atoms with Crippen molar-refractivity contribution in [1.29, 1.82) is 0 Å². The molecule has 1 aliphatic rings. The fourth-order valence-electron chi connectivity index (χ4n) is 3.58. The van der Waals surface area contributed by atoms with E-state index in [1.807, 2.05) is 24.3 Å². The highest BCUT2D eigenvalue weighted by molar-refractivity contribution is 9.10. The highest BCUT2D eigenvalue weighted by Crippen LogP contribution is 2.28. The summed E-state index contributed by atoms with van der Waals surface area (Å²) in [7, 11) is 0. The standard InChI is InChI=1S/C20H21BrN4O2/c21-19-7-5-17(27-19)13-23-15-1-3-16(4-2-15)25-20(26)8-6-18(24-25)14-9-11-22-12-10-14/h5-12,15-16,23H,1-4,13H2. The first-order valence-corrected chi connectivity index (χ1v) is 9.96. The van der Waals surface area contributed by atoms with E-state index < -0.39 is 0 Å². The van der Waals surface area contributed by atoms with Crippen LogP contribution in [0.2, 0.25) is 0 Å². The molecule has 1 fully saturated rings. The maximum absolute atomic E-state index is 12.4. The van der Waals surface area contributed by atoms with Crippen molar-refractivity contribution in [2.75, 3.05) is 0 Å². The summed E-state index contributed by atoms with van der Waals surface area (Å²) in [5.41, 5.74) is 1.74. The lowest BCUT2D eigenvalue weighted by Crippen LogP contribution is -2.36. The van der Waals surface area contributed by atoms with Crippen molar-refractivity contribution in [3.8, 4) is 11.3 Å². The predicted molar refractivity (Wildman–Crippen MR) is 106 cm³/mol. The van der Waals surface area contributed by atoms with E-state index in [4.69, 9.17) is 4.42 Å². The molecule has 3 aromatic heterocycles. The van der Waals surface area contributed by atoms with Crippen LogP contribution in [-0.2, 0) is 6.54 Å². The molecule has 0 saturated heterocycles. The minimum Gasteiger partial charge on any atom is -0.453 e. The monoisotopic (exact) mass is 428 g/mol. The first-order valence-electron chi connectivity index (χ1n) is 9.17. The second-order valence-electron chi connectivity index (χ2n) is 6.83. The Morgan fingerprint density at radius 1 is 1.07 bits per heavy atom. The van der Waals surface area contributed by atoms with Crippen LogP contribution >= 0.6 is 15.9 Å². The van der Waals surface area contributed by atoms with Gasteiger partial charge < -0.3 is 9.73 Å². The SMILES string of the molecule is O=c1ccc(-c2ccncc2)nn1C1CCC(NCc2ccc(Br)o2)CC1. The van der Waals surface area contributed by atoms with E-state index in [0.717, 1.165) is 53.9 Å². The number of nitrogens with zero attached hydrogens (tertiary/aromatic N) is 3. The molecule has 1 N–H and O–H groups in total. The van der Waals surface area contributed by atoms with Crippen molar-refractivity contribution in [2.24, 2.45) is 0 Å². The van der Waals surface area contributed by atoms with E-state index in [1.54, 1.807) is 29.2 Å². The third-order valence-corrected chi connectivity index (χ3v) is 5.46. The molecule has 3 aromatic rings. The van der Waals surface area contributed by atoms with E-state index in [1.165, 1.54) is 0 Å². The fraction of sp³-hybridized carbons (Fsp3) is 0.350.